The van der Waals surface area contributed by atoms with Gasteiger partial charge in [0, 0.05) is 38.8 Å². The summed E-state index contributed by atoms with van der Waals surface area (Å²) in [7, 11) is -1.47. The van der Waals surface area contributed by atoms with Gasteiger partial charge in [-0.05, 0) is 36.9 Å². The molecule has 1 N–H and O–H groups in total. The fraction of sp³-hybridized carbons (Fsp3) is 0.400. The molecule has 0 aromatic heterocycles. The van der Waals surface area contributed by atoms with Crippen LogP contribution in [0.3, 0.4) is 0 Å². The van der Waals surface area contributed by atoms with Gasteiger partial charge in [0.25, 0.3) is 0 Å². The van der Waals surface area contributed by atoms with E-state index in [0.29, 0.717) is 12.3 Å². The molecule has 2 aliphatic rings. The molecule has 0 radical (unpaired) electrons. The molecule has 2 aliphatic heterocycles. The lowest BCUT2D eigenvalue weighted by atomic mass is 10.0. The number of rotatable bonds is 6. The summed E-state index contributed by atoms with van der Waals surface area (Å²) in [6, 6.07) is 14.2. The van der Waals surface area contributed by atoms with Crippen molar-refractivity contribution in [2.24, 2.45) is 0 Å². The molecule has 2 aromatic rings. The van der Waals surface area contributed by atoms with Gasteiger partial charge in [0.05, 0.1) is 4.90 Å². The maximum Gasteiger partial charge on any atom is 0.240 e. The largest absolute Gasteiger partial charge is 0.454 e. The maximum absolute atomic E-state index is 12.7. The Bertz CT molecular complexity index is 912. The van der Waals surface area contributed by atoms with E-state index < -0.39 is 10.0 Å². The molecule has 0 spiro atoms. The van der Waals surface area contributed by atoms with Crippen molar-refractivity contribution in [1.29, 1.82) is 0 Å². The summed E-state index contributed by atoms with van der Waals surface area (Å²) in [5.74, 6) is 1.44. The average molecular weight is 404 g/mol. The minimum Gasteiger partial charge on any atom is -0.454 e. The van der Waals surface area contributed by atoms with Crippen LogP contribution >= 0.6 is 0 Å². The first-order valence-corrected chi connectivity index (χ1v) is 10.9. The van der Waals surface area contributed by atoms with Gasteiger partial charge in [-0.25, -0.2) is 13.1 Å². The zero-order chi connectivity index (χ0) is 19.6. The van der Waals surface area contributed by atoms with E-state index >= 15 is 0 Å². The maximum atomic E-state index is 12.7. The van der Waals surface area contributed by atoms with Crippen LogP contribution in [0, 0.1) is 0 Å². The molecule has 8 heteroatoms. The summed E-state index contributed by atoms with van der Waals surface area (Å²) in [6.45, 7) is 4.17. The summed E-state index contributed by atoms with van der Waals surface area (Å²) in [6.07, 6.45) is 0. The van der Waals surface area contributed by atoms with Crippen molar-refractivity contribution in [3.8, 4) is 11.5 Å². The molecule has 0 saturated carbocycles. The first-order valence-electron chi connectivity index (χ1n) is 9.40. The first-order chi connectivity index (χ1) is 13.5. The zero-order valence-electron chi connectivity index (χ0n) is 15.9. The minimum atomic E-state index is -3.57. The molecular weight excluding hydrogens is 378 g/mol. The predicted molar refractivity (Wildman–Crippen MR) is 106 cm³/mol. The molecule has 4 rings (SSSR count). The third kappa shape index (κ3) is 4.15. The second-order valence-corrected chi connectivity index (χ2v) is 8.90. The van der Waals surface area contributed by atoms with Crippen LogP contribution in [0.4, 0.5) is 0 Å². The van der Waals surface area contributed by atoms with Gasteiger partial charge < -0.3 is 14.4 Å². The molecule has 150 valence electrons. The van der Waals surface area contributed by atoms with Crippen molar-refractivity contribution < 1.29 is 17.9 Å². The van der Waals surface area contributed by atoms with Gasteiger partial charge >= 0.3 is 0 Å². The summed E-state index contributed by atoms with van der Waals surface area (Å²) < 4.78 is 39.1. The van der Waals surface area contributed by atoms with Crippen LogP contribution in [0.5, 0.6) is 11.5 Å². The average Bonchev–Trinajstić information content (AvgIpc) is 3.18. The number of likely N-dealkylation sites (N-methyl/N-ethyl adjacent to an activating group) is 1. The van der Waals surface area contributed by atoms with Gasteiger partial charge in [0.15, 0.2) is 11.5 Å². The Balaban J connectivity index is 1.56. The number of sulfonamides is 1. The van der Waals surface area contributed by atoms with E-state index in [0.717, 1.165) is 37.5 Å². The number of nitrogens with one attached hydrogen (secondary N) is 1. The molecule has 7 nitrogen and oxygen atoms in total. The van der Waals surface area contributed by atoms with Gasteiger partial charge in [-0.2, -0.15) is 0 Å². The van der Waals surface area contributed by atoms with E-state index in [4.69, 9.17) is 9.47 Å². The highest BCUT2D eigenvalue weighted by Gasteiger charge is 2.27. The molecule has 1 atom stereocenters. The standard InChI is InChI=1S/C20H25N3O4S/c1-22-9-11-23(12-10-22)18(16-7-8-19-20(13-16)27-15-26-19)14-21-28(24,25)17-5-3-2-4-6-17/h2-8,13,18,21H,9-12,14-15H2,1H3. The Morgan fingerprint density at radius 3 is 2.46 bits per heavy atom. The van der Waals surface area contributed by atoms with Crippen LogP contribution in [0.1, 0.15) is 11.6 Å². The quantitative estimate of drug-likeness (QED) is 0.791. The van der Waals surface area contributed by atoms with E-state index in [9.17, 15) is 8.42 Å². The molecule has 2 aromatic carbocycles. The van der Waals surface area contributed by atoms with E-state index in [1.165, 1.54) is 0 Å². The van der Waals surface area contributed by atoms with E-state index in [2.05, 4.69) is 21.6 Å². The van der Waals surface area contributed by atoms with Crippen LogP contribution < -0.4 is 14.2 Å². The molecule has 1 unspecified atom stereocenters. The zero-order valence-corrected chi connectivity index (χ0v) is 16.7. The van der Waals surface area contributed by atoms with Crippen molar-refractivity contribution in [3.05, 3.63) is 54.1 Å². The SMILES string of the molecule is CN1CCN(C(CNS(=O)(=O)c2ccccc2)c2ccc3c(c2)OCO3)CC1. The van der Waals surface area contributed by atoms with E-state index in [-0.39, 0.29) is 17.7 Å². The van der Waals surface area contributed by atoms with Crippen LogP contribution in [0.15, 0.2) is 53.4 Å². The Labute approximate surface area is 165 Å². The molecule has 1 saturated heterocycles. The van der Waals surface area contributed by atoms with Gasteiger partial charge in [0.1, 0.15) is 0 Å². The summed E-state index contributed by atoms with van der Waals surface area (Å²) in [4.78, 5) is 4.88. The van der Waals surface area contributed by atoms with Gasteiger partial charge in [-0.1, -0.05) is 24.3 Å². The number of hydrogen-bond donors (Lipinski definition) is 1. The Morgan fingerprint density at radius 1 is 1.00 bits per heavy atom. The lowest BCUT2D eigenvalue weighted by Crippen LogP contribution is -2.48. The van der Waals surface area contributed by atoms with Crippen molar-refractivity contribution in [3.63, 3.8) is 0 Å². The Morgan fingerprint density at radius 2 is 1.71 bits per heavy atom. The summed E-state index contributed by atoms with van der Waals surface area (Å²) >= 11 is 0. The van der Waals surface area contributed by atoms with E-state index in [1.54, 1.807) is 30.3 Å². The molecular formula is C20H25N3O4S. The highest BCUT2D eigenvalue weighted by Crippen LogP contribution is 2.35. The summed E-state index contributed by atoms with van der Waals surface area (Å²) in [5, 5.41) is 0. The molecule has 1 fully saturated rings. The highest BCUT2D eigenvalue weighted by molar-refractivity contribution is 7.89. The first kappa shape index (κ1) is 19.2. The molecule has 0 bridgehead atoms. The van der Waals surface area contributed by atoms with Crippen molar-refractivity contribution in [1.82, 2.24) is 14.5 Å². The Hall–Kier alpha value is -2.13. The third-order valence-electron chi connectivity index (χ3n) is 5.28. The highest BCUT2D eigenvalue weighted by atomic mass is 32.2. The van der Waals surface area contributed by atoms with E-state index in [1.807, 2.05) is 18.2 Å². The van der Waals surface area contributed by atoms with Crippen molar-refractivity contribution in [2.45, 2.75) is 10.9 Å². The monoisotopic (exact) mass is 403 g/mol. The minimum absolute atomic E-state index is 0.0818. The molecule has 0 amide bonds. The second kappa shape index (κ2) is 8.08. The summed E-state index contributed by atoms with van der Waals surface area (Å²) in [5.41, 5.74) is 1.02. The fourth-order valence-electron chi connectivity index (χ4n) is 3.58. The topological polar surface area (TPSA) is 71.1 Å². The van der Waals surface area contributed by atoms with Crippen LogP contribution in [-0.4, -0.2) is 64.8 Å². The van der Waals surface area contributed by atoms with Crippen molar-refractivity contribution in [2.75, 3.05) is 46.6 Å². The number of benzene rings is 2. The second-order valence-electron chi connectivity index (χ2n) is 7.13. The lowest BCUT2D eigenvalue weighted by molar-refractivity contribution is 0.112. The van der Waals surface area contributed by atoms with Crippen LogP contribution in [-0.2, 0) is 10.0 Å². The number of nitrogens with zero attached hydrogens (tertiary/aromatic N) is 2. The number of ether oxygens (including phenoxy) is 2. The molecule has 0 aliphatic carbocycles. The van der Waals surface area contributed by atoms with Crippen LogP contribution in [0.25, 0.3) is 0 Å². The fourth-order valence-corrected chi connectivity index (χ4v) is 4.64. The smallest absolute Gasteiger partial charge is 0.240 e. The normalized spacial score (nSPS) is 18.9. The number of fused-ring (bicyclic) bond motifs is 1. The van der Waals surface area contributed by atoms with Gasteiger partial charge in [-0.3, -0.25) is 4.90 Å². The lowest BCUT2D eigenvalue weighted by Gasteiger charge is -2.38. The predicted octanol–water partition coefficient (Wildman–Crippen LogP) is 1.68. The van der Waals surface area contributed by atoms with Gasteiger partial charge in [-0.15, -0.1) is 0 Å². The Kier molecular flexibility index (Phi) is 5.54. The molecule has 28 heavy (non-hydrogen) atoms. The van der Waals surface area contributed by atoms with Crippen LogP contribution in [0.2, 0.25) is 0 Å². The molecule has 2 heterocycles. The third-order valence-corrected chi connectivity index (χ3v) is 6.72. The number of piperazine rings is 1. The van der Waals surface area contributed by atoms with Gasteiger partial charge in [0.2, 0.25) is 16.8 Å². The van der Waals surface area contributed by atoms with Crippen molar-refractivity contribution >= 4 is 10.0 Å². The number of hydrogen-bond acceptors (Lipinski definition) is 6.